The minimum Gasteiger partial charge on any atom is -0.497 e. The second-order valence-corrected chi connectivity index (χ2v) is 9.28. The Morgan fingerprint density at radius 3 is 2.66 bits per heavy atom. The Hall–Kier alpha value is -4.77. The zero-order chi connectivity index (χ0) is 25.9. The van der Waals surface area contributed by atoms with Gasteiger partial charge >= 0.3 is 0 Å². The second-order valence-electron chi connectivity index (χ2n) is 8.44. The van der Waals surface area contributed by atoms with E-state index >= 15 is 0 Å². The molecule has 0 spiro atoms. The summed E-state index contributed by atoms with van der Waals surface area (Å²) in [5.74, 6) is 1.76. The predicted molar refractivity (Wildman–Crippen MR) is 143 cm³/mol. The molecule has 6 rings (SSSR count). The SMILES string of the molecule is COc1ccc(-c2cn3c(CC(=O)NCCOc4ccc5nnc(-c6ccccc6)n5n4)csc3n2)cc1. The van der Waals surface area contributed by atoms with Gasteiger partial charge in [0.25, 0.3) is 0 Å². The van der Waals surface area contributed by atoms with E-state index < -0.39 is 0 Å². The van der Waals surface area contributed by atoms with Crippen LogP contribution in [0.1, 0.15) is 5.69 Å². The minimum atomic E-state index is -0.0958. The molecule has 10 nitrogen and oxygen atoms in total. The molecular formula is C27H23N7O3S. The van der Waals surface area contributed by atoms with E-state index in [1.807, 2.05) is 70.6 Å². The van der Waals surface area contributed by atoms with Crippen LogP contribution in [-0.2, 0) is 11.2 Å². The fourth-order valence-corrected chi connectivity index (χ4v) is 4.92. The third-order valence-corrected chi connectivity index (χ3v) is 6.84. The molecule has 0 radical (unpaired) electrons. The molecule has 0 aliphatic heterocycles. The third-order valence-electron chi connectivity index (χ3n) is 5.96. The summed E-state index contributed by atoms with van der Waals surface area (Å²) >= 11 is 1.51. The van der Waals surface area contributed by atoms with Gasteiger partial charge in [-0.1, -0.05) is 30.3 Å². The molecule has 0 atom stereocenters. The van der Waals surface area contributed by atoms with Gasteiger partial charge in [-0.15, -0.1) is 26.6 Å². The molecule has 1 amide bonds. The lowest BCUT2D eigenvalue weighted by molar-refractivity contribution is -0.120. The number of hydrogen-bond donors (Lipinski definition) is 1. The standard InChI is InChI=1S/C27H23N7O3S/c1-36-21-9-7-18(8-10-21)22-16-33-20(17-38-27(33)29-22)15-24(35)28-13-14-37-25-12-11-23-30-31-26(34(23)32-25)19-5-3-2-4-6-19/h2-12,16-17H,13-15H2,1H3,(H,28,35). The van der Waals surface area contributed by atoms with Gasteiger partial charge in [0.05, 0.1) is 25.8 Å². The van der Waals surface area contributed by atoms with Crippen molar-refractivity contribution in [2.75, 3.05) is 20.3 Å². The number of carbonyl (C=O) groups is 1. The maximum atomic E-state index is 12.6. The molecule has 0 bridgehead atoms. The highest BCUT2D eigenvalue weighted by molar-refractivity contribution is 7.15. The van der Waals surface area contributed by atoms with Gasteiger partial charge in [0.1, 0.15) is 12.4 Å². The molecule has 0 aliphatic carbocycles. The van der Waals surface area contributed by atoms with E-state index in [0.29, 0.717) is 23.9 Å². The molecule has 0 saturated heterocycles. The zero-order valence-electron chi connectivity index (χ0n) is 20.4. The Bertz CT molecular complexity index is 1710. The number of nitrogens with zero attached hydrogens (tertiary/aromatic N) is 6. The molecule has 0 aliphatic rings. The topological polar surface area (TPSA) is 108 Å². The lowest BCUT2D eigenvalue weighted by atomic mass is 10.2. The Morgan fingerprint density at radius 2 is 1.84 bits per heavy atom. The van der Waals surface area contributed by atoms with Crippen LogP contribution in [0.2, 0.25) is 0 Å². The van der Waals surface area contributed by atoms with Crippen LogP contribution in [0.25, 0.3) is 33.3 Å². The fourth-order valence-electron chi connectivity index (χ4n) is 4.05. The number of fused-ring (bicyclic) bond motifs is 2. The van der Waals surface area contributed by atoms with Crippen molar-refractivity contribution >= 4 is 27.9 Å². The molecule has 1 N–H and O–H groups in total. The van der Waals surface area contributed by atoms with Crippen LogP contribution in [0.5, 0.6) is 11.6 Å². The lowest BCUT2D eigenvalue weighted by Gasteiger charge is -2.07. The van der Waals surface area contributed by atoms with E-state index in [4.69, 9.17) is 9.47 Å². The average Bonchev–Trinajstić information content (AvgIpc) is 3.67. The normalized spacial score (nSPS) is 11.2. The number of benzene rings is 2. The van der Waals surface area contributed by atoms with Crippen molar-refractivity contribution in [2.24, 2.45) is 0 Å². The summed E-state index contributed by atoms with van der Waals surface area (Å²) in [6.07, 6.45) is 2.19. The molecule has 0 unspecified atom stereocenters. The Morgan fingerprint density at radius 1 is 1.00 bits per heavy atom. The van der Waals surface area contributed by atoms with Crippen molar-refractivity contribution in [2.45, 2.75) is 6.42 Å². The number of methoxy groups -OCH3 is 1. The smallest absolute Gasteiger partial charge is 0.231 e. The summed E-state index contributed by atoms with van der Waals surface area (Å²) in [6, 6.07) is 21.0. The maximum Gasteiger partial charge on any atom is 0.231 e. The Balaban J connectivity index is 1.05. The number of carbonyl (C=O) groups excluding carboxylic acids is 1. The molecule has 190 valence electrons. The van der Waals surface area contributed by atoms with Crippen LogP contribution in [-0.4, -0.2) is 55.4 Å². The lowest BCUT2D eigenvalue weighted by Crippen LogP contribution is -2.29. The van der Waals surface area contributed by atoms with Gasteiger partial charge in [-0.05, 0) is 30.3 Å². The number of imidazole rings is 1. The number of aromatic nitrogens is 6. The van der Waals surface area contributed by atoms with Gasteiger partial charge in [-0.2, -0.15) is 4.52 Å². The van der Waals surface area contributed by atoms with Crippen LogP contribution >= 0.6 is 11.3 Å². The summed E-state index contributed by atoms with van der Waals surface area (Å²) in [5, 5.41) is 17.8. The summed E-state index contributed by atoms with van der Waals surface area (Å²) in [6.45, 7) is 0.624. The monoisotopic (exact) mass is 525 g/mol. The predicted octanol–water partition coefficient (Wildman–Crippen LogP) is 3.91. The highest BCUT2D eigenvalue weighted by atomic mass is 32.1. The maximum absolute atomic E-state index is 12.6. The first-order valence-electron chi connectivity index (χ1n) is 12.0. The molecule has 4 aromatic heterocycles. The average molecular weight is 526 g/mol. The highest BCUT2D eigenvalue weighted by Gasteiger charge is 2.13. The van der Waals surface area contributed by atoms with Gasteiger partial charge in [-0.3, -0.25) is 9.20 Å². The van der Waals surface area contributed by atoms with Crippen LogP contribution in [0.4, 0.5) is 0 Å². The molecule has 38 heavy (non-hydrogen) atoms. The summed E-state index contributed by atoms with van der Waals surface area (Å²) in [4.78, 5) is 18.1. The molecule has 2 aromatic carbocycles. The molecule has 4 heterocycles. The van der Waals surface area contributed by atoms with Crippen molar-refractivity contribution < 1.29 is 14.3 Å². The third kappa shape index (κ3) is 4.78. The number of ether oxygens (including phenoxy) is 2. The van der Waals surface area contributed by atoms with Crippen molar-refractivity contribution in [1.29, 1.82) is 0 Å². The summed E-state index contributed by atoms with van der Waals surface area (Å²) in [5.41, 5.74) is 4.25. The van der Waals surface area contributed by atoms with Gasteiger partial charge in [0.15, 0.2) is 16.4 Å². The molecule has 0 saturated carbocycles. The van der Waals surface area contributed by atoms with Crippen molar-refractivity contribution in [3.05, 3.63) is 84.0 Å². The van der Waals surface area contributed by atoms with E-state index in [-0.39, 0.29) is 18.9 Å². The minimum absolute atomic E-state index is 0.0958. The zero-order valence-corrected chi connectivity index (χ0v) is 21.3. The first kappa shape index (κ1) is 23.6. The van der Waals surface area contributed by atoms with E-state index in [1.54, 1.807) is 23.8 Å². The molecule has 0 fully saturated rings. The van der Waals surface area contributed by atoms with Gasteiger partial charge in [0.2, 0.25) is 11.8 Å². The Labute approximate surface area is 221 Å². The summed E-state index contributed by atoms with van der Waals surface area (Å²) in [7, 11) is 1.64. The highest BCUT2D eigenvalue weighted by Crippen LogP contribution is 2.25. The summed E-state index contributed by atoms with van der Waals surface area (Å²) < 4.78 is 14.6. The Kier molecular flexibility index (Phi) is 6.40. The van der Waals surface area contributed by atoms with Crippen LogP contribution in [0.15, 0.2) is 78.3 Å². The quantitative estimate of drug-likeness (QED) is 0.285. The van der Waals surface area contributed by atoms with E-state index in [1.165, 1.54) is 11.3 Å². The second kappa shape index (κ2) is 10.3. The first-order valence-corrected chi connectivity index (χ1v) is 12.8. The van der Waals surface area contributed by atoms with Crippen molar-refractivity contribution in [3.63, 3.8) is 0 Å². The van der Waals surface area contributed by atoms with Gasteiger partial charge < -0.3 is 14.8 Å². The van der Waals surface area contributed by atoms with E-state index in [9.17, 15) is 4.79 Å². The molecule has 6 aromatic rings. The van der Waals surface area contributed by atoms with E-state index in [0.717, 1.165) is 33.2 Å². The number of thiazole rings is 1. The van der Waals surface area contributed by atoms with Gasteiger partial charge in [-0.25, -0.2) is 4.98 Å². The van der Waals surface area contributed by atoms with Gasteiger partial charge in [0, 0.05) is 34.5 Å². The fraction of sp³-hybridized carbons (Fsp3) is 0.148. The van der Waals surface area contributed by atoms with Crippen LogP contribution in [0, 0.1) is 0 Å². The van der Waals surface area contributed by atoms with E-state index in [2.05, 4.69) is 25.6 Å². The van der Waals surface area contributed by atoms with Crippen molar-refractivity contribution in [1.82, 2.24) is 34.5 Å². The largest absolute Gasteiger partial charge is 0.497 e. The van der Waals surface area contributed by atoms with Crippen molar-refractivity contribution in [3.8, 4) is 34.3 Å². The van der Waals surface area contributed by atoms with Crippen LogP contribution in [0.3, 0.4) is 0 Å². The number of amides is 1. The first-order chi connectivity index (χ1) is 18.7. The molecule has 11 heteroatoms. The number of rotatable bonds is 9. The molecular weight excluding hydrogens is 502 g/mol. The number of hydrogen-bond acceptors (Lipinski definition) is 8. The van der Waals surface area contributed by atoms with Crippen LogP contribution < -0.4 is 14.8 Å². The number of nitrogens with one attached hydrogen (secondary N) is 1.